The lowest BCUT2D eigenvalue weighted by atomic mass is 9.91. The van der Waals surface area contributed by atoms with Gasteiger partial charge in [0, 0.05) is 0 Å². The summed E-state index contributed by atoms with van der Waals surface area (Å²) < 4.78 is 5.64. The molecule has 1 unspecified atom stereocenters. The monoisotopic (exact) mass is 330 g/mol. The van der Waals surface area contributed by atoms with Crippen molar-refractivity contribution in [2.45, 2.75) is 27.4 Å². The fourth-order valence-electron chi connectivity index (χ4n) is 3.51. The van der Waals surface area contributed by atoms with E-state index in [9.17, 15) is 4.79 Å². The highest BCUT2D eigenvalue weighted by Crippen LogP contribution is 2.36. The molecule has 25 heavy (non-hydrogen) atoms. The van der Waals surface area contributed by atoms with Gasteiger partial charge in [-0.15, -0.1) is 0 Å². The third-order valence-electron chi connectivity index (χ3n) is 5.34. The smallest absolute Gasteiger partial charge is 0.309 e. The number of benzene rings is 4. The predicted octanol–water partition coefficient (Wildman–Crippen LogP) is 5.92. The average molecular weight is 330 g/mol. The predicted molar refractivity (Wildman–Crippen MR) is 104 cm³/mol. The molecule has 0 saturated heterocycles. The van der Waals surface area contributed by atoms with Crippen LogP contribution >= 0.6 is 0 Å². The number of hydrogen-bond donors (Lipinski definition) is 0. The van der Waals surface area contributed by atoms with Gasteiger partial charge in [-0.3, -0.25) is 4.79 Å². The Labute approximate surface area is 147 Å². The van der Waals surface area contributed by atoms with Crippen molar-refractivity contribution < 1.29 is 9.53 Å². The fraction of sp³-hybridized carbons (Fsp3) is 0.261. The van der Waals surface area contributed by atoms with E-state index in [4.69, 9.17) is 4.74 Å². The van der Waals surface area contributed by atoms with Crippen molar-refractivity contribution in [2.24, 2.45) is 11.8 Å². The molecule has 0 radical (unpaired) electrons. The van der Waals surface area contributed by atoms with Crippen LogP contribution in [0.1, 0.15) is 26.3 Å². The summed E-state index contributed by atoms with van der Waals surface area (Å²) in [6, 6.07) is 19.2. The van der Waals surface area contributed by atoms with Crippen molar-refractivity contribution >= 4 is 38.3 Å². The summed E-state index contributed by atoms with van der Waals surface area (Å²) in [5.74, 6) is 0.0709. The molecule has 126 valence electrons. The lowest BCUT2D eigenvalue weighted by Gasteiger charge is -2.17. The number of hydrogen-bond acceptors (Lipinski definition) is 2. The van der Waals surface area contributed by atoms with Crippen molar-refractivity contribution in [2.75, 3.05) is 0 Å². The molecular weight excluding hydrogens is 308 g/mol. The third-order valence-corrected chi connectivity index (χ3v) is 5.34. The van der Waals surface area contributed by atoms with Gasteiger partial charge in [-0.05, 0) is 49.9 Å². The van der Waals surface area contributed by atoms with E-state index in [0.29, 0.717) is 6.61 Å². The molecule has 0 aliphatic carbocycles. The molecule has 0 spiro atoms. The molecule has 0 aliphatic heterocycles. The van der Waals surface area contributed by atoms with Gasteiger partial charge in [0.25, 0.3) is 0 Å². The van der Waals surface area contributed by atoms with Crippen LogP contribution in [0.4, 0.5) is 0 Å². The zero-order valence-corrected chi connectivity index (χ0v) is 14.9. The van der Waals surface area contributed by atoms with E-state index in [1.54, 1.807) is 0 Å². The van der Waals surface area contributed by atoms with Crippen molar-refractivity contribution in [3.63, 3.8) is 0 Å². The van der Waals surface area contributed by atoms with Gasteiger partial charge in [0.1, 0.15) is 6.61 Å². The van der Waals surface area contributed by atoms with Gasteiger partial charge in [0.2, 0.25) is 0 Å². The highest BCUT2D eigenvalue weighted by Gasteiger charge is 2.19. The van der Waals surface area contributed by atoms with Gasteiger partial charge < -0.3 is 4.74 Å². The summed E-state index contributed by atoms with van der Waals surface area (Å²) in [4.78, 5) is 12.3. The second-order valence-corrected chi connectivity index (χ2v) is 7.22. The van der Waals surface area contributed by atoms with Crippen LogP contribution in [0.5, 0.6) is 0 Å². The summed E-state index contributed by atoms with van der Waals surface area (Å²) in [6.45, 7) is 6.34. The molecule has 4 aromatic rings. The largest absolute Gasteiger partial charge is 0.461 e. The van der Waals surface area contributed by atoms with Gasteiger partial charge >= 0.3 is 5.97 Å². The van der Waals surface area contributed by atoms with Crippen molar-refractivity contribution in [1.82, 2.24) is 0 Å². The minimum atomic E-state index is -0.125. The van der Waals surface area contributed by atoms with Gasteiger partial charge in [-0.2, -0.15) is 0 Å². The lowest BCUT2D eigenvalue weighted by molar-refractivity contribution is -0.150. The van der Waals surface area contributed by atoms with Crippen LogP contribution in [0, 0.1) is 11.8 Å². The SMILES string of the molecule is CC(C)C(C)C(=O)OCc1cc2cccc3ccc4cccc1c4c32. The Morgan fingerprint density at radius 2 is 1.52 bits per heavy atom. The van der Waals surface area contributed by atoms with Crippen molar-refractivity contribution in [3.8, 4) is 0 Å². The summed E-state index contributed by atoms with van der Waals surface area (Å²) in [5, 5.41) is 7.40. The Morgan fingerprint density at radius 1 is 0.880 bits per heavy atom. The van der Waals surface area contributed by atoms with Crippen LogP contribution in [0.15, 0.2) is 54.6 Å². The van der Waals surface area contributed by atoms with Gasteiger partial charge in [0.05, 0.1) is 5.92 Å². The Balaban J connectivity index is 1.82. The standard InChI is InChI=1S/C23H22O2/c1-14(2)15(3)23(24)25-13-19-12-18-8-4-6-16-10-11-17-7-5-9-20(19)22(17)21(16)18/h4-12,14-15H,13H2,1-3H3. The molecular formula is C23H22O2. The van der Waals surface area contributed by atoms with E-state index in [0.717, 1.165) is 5.56 Å². The van der Waals surface area contributed by atoms with Gasteiger partial charge in [-0.25, -0.2) is 0 Å². The number of rotatable bonds is 4. The summed E-state index contributed by atoms with van der Waals surface area (Å²) >= 11 is 0. The highest BCUT2D eigenvalue weighted by atomic mass is 16.5. The molecule has 0 aromatic heterocycles. The average Bonchev–Trinajstić information content (AvgIpc) is 2.63. The number of carbonyl (C=O) groups excluding carboxylic acids is 1. The lowest BCUT2D eigenvalue weighted by Crippen LogP contribution is -2.19. The molecule has 2 nitrogen and oxygen atoms in total. The van der Waals surface area contributed by atoms with E-state index in [2.05, 4.69) is 54.6 Å². The summed E-state index contributed by atoms with van der Waals surface area (Å²) in [7, 11) is 0. The molecule has 1 atom stereocenters. The number of esters is 1. The van der Waals surface area contributed by atoms with Crippen LogP contribution in [0.3, 0.4) is 0 Å². The molecule has 0 heterocycles. The molecule has 0 fully saturated rings. The third kappa shape index (κ3) is 2.62. The van der Waals surface area contributed by atoms with Crippen LogP contribution in [0.25, 0.3) is 32.3 Å². The quantitative estimate of drug-likeness (QED) is 0.343. The molecule has 4 aromatic carbocycles. The fourth-order valence-corrected chi connectivity index (χ4v) is 3.51. The highest BCUT2D eigenvalue weighted by molar-refractivity contribution is 6.23. The molecule has 2 heteroatoms. The summed E-state index contributed by atoms with van der Waals surface area (Å²) in [5.41, 5.74) is 1.07. The van der Waals surface area contributed by atoms with Crippen LogP contribution in [-0.4, -0.2) is 5.97 Å². The number of carbonyl (C=O) groups is 1. The zero-order valence-electron chi connectivity index (χ0n) is 14.9. The van der Waals surface area contributed by atoms with E-state index >= 15 is 0 Å². The first kappa shape index (κ1) is 15.9. The molecule has 0 N–H and O–H groups in total. The van der Waals surface area contributed by atoms with E-state index in [-0.39, 0.29) is 17.8 Å². The first-order valence-electron chi connectivity index (χ1n) is 8.88. The van der Waals surface area contributed by atoms with Gasteiger partial charge in [-0.1, -0.05) is 69.3 Å². The molecule has 0 aliphatic rings. The number of ether oxygens (including phenoxy) is 1. The Hall–Kier alpha value is -2.61. The van der Waals surface area contributed by atoms with E-state index < -0.39 is 0 Å². The topological polar surface area (TPSA) is 26.3 Å². The van der Waals surface area contributed by atoms with E-state index in [1.807, 2.05) is 20.8 Å². The van der Waals surface area contributed by atoms with E-state index in [1.165, 1.54) is 32.3 Å². The zero-order chi connectivity index (χ0) is 17.6. The maximum absolute atomic E-state index is 12.3. The Bertz CT molecular complexity index is 1060. The minimum absolute atomic E-state index is 0.0873. The second kappa shape index (κ2) is 6.03. The van der Waals surface area contributed by atoms with Crippen molar-refractivity contribution in [3.05, 3.63) is 60.2 Å². The maximum Gasteiger partial charge on any atom is 0.309 e. The molecule has 0 bridgehead atoms. The molecule has 4 rings (SSSR count). The van der Waals surface area contributed by atoms with Crippen LogP contribution in [-0.2, 0) is 16.1 Å². The first-order valence-corrected chi connectivity index (χ1v) is 8.88. The Morgan fingerprint density at radius 3 is 2.24 bits per heavy atom. The normalized spacial score (nSPS) is 13.1. The summed E-state index contributed by atoms with van der Waals surface area (Å²) in [6.07, 6.45) is 0. The molecule has 0 saturated carbocycles. The van der Waals surface area contributed by atoms with Crippen LogP contribution in [0.2, 0.25) is 0 Å². The molecule has 0 amide bonds. The van der Waals surface area contributed by atoms with Crippen molar-refractivity contribution in [1.29, 1.82) is 0 Å². The van der Waals surface area contributed by atoms with Crippen LogP contribution < -0.4 is 0 Å². The van der Waals surface area contributed by atoms with Gasteiger partial charge in [0.15, 0.2) is 0 Å². The minimum Gasteiger partial charge on any atom is -0.461 e. The second-order valence-electron chi connectivity index (χ2n) is 7.22. The maximum atomic E-state index is 12.3. The first-order chi connectivity index (χ1) is 12.1. The Kier molecular flexibility index (Phi) is 3.84.